The second kappa shape index (κ2) is 8.48. The van der Waals surface area contributed by atoms with E-state index in [2.05, 4.69) is 30.5 Å². The number of hydrogen-bond acceptors (Lipinski definition) is 8. The van der Waals surface area contributed by atoms with E-state index in [0.717, 1.165) is 37.4 Å². The quantitative estimate of drug-likeness (QED) is 0.702. The third kappa shape index (κ3) is 4.69. The largest absolute Gasteiger partial charge is 0.497 e. The van der Waals surface area contributed by atoms with Crippen LogP contribution in [0, 0.1) is 0 Å². The predicted octanol–water partition coefficient (Wildman–Crippen LogP) is 2.02. The van der Waals surface area contributed by atoms with Gasteiger partial charge in [-0.15, -0.1) is 0 Å². The number of piperidine rings is 1. The number of aliphatic hydroxyl groups is 1. The fourth-order valence-electron chi connectivity index (χ4n) is 2.71. The van der Waals surface area contributed by atoms with E-state index >= 15 is 0 Å². The highest BCUT2D eigenvalue weighted by Gasteiger charge is 2.16. The lowest BCUT2D eigenvalue weighted by Gasteiger charge is -2.27. The van der Waals surface area contributed by atoms with Crippen LogP contribution in [0.3, 0.4) is 0 Å². The number of rotatable bonds is 7. The zero-order valence-electron chi connectivity index (χ0n) is 14.4. The molecule has 1 fully saturated rings. The van der Waals surface area contributed by atoms with Gasteiger partial charge in [-0.25, -0.2) is 0 Å². The van der Waals surface area contributed by atoms with Crippen LogP contribution in [0.25, 0.3) is 0 Å². The van der Waals surface area contributed by atoms with Crippen LogP contribution in [-0.2, 0) is 0 Å². The van der Waals surface area contributed by atoms with Crippen molar-refractivity contribution < 1.29 is 9.84 Å². The second-order valence-corrected chi connectivity index (χ2v) is 5.83. The highest BCUT2D eigenvalue weighted by atomic mass is 16.5. The first-order valence-corrected chi connectivity index (χ1v) is 8.55. The van der Waals surface area contributed by atoms with Gasteiger partial charge in [0.15, 0.2) is 0 Å². The van der Waals surface area contributed by atoms with Crippen LogP contribution in [0.4, 0.5) is 23.5 Å². The molecule has 134 valence electrons. The number of methoxy groups -OCH3 is 1. The Hall–Kier alpha value is -2.61. The molecule has 1 aromatic carbocycles. The van der Waals surface area contributed by atoms with E-state index in [1.807, 2.05) is 24.3 Å². The summed E-state index contributed by atoms with van der Waals surface area (Å²) in [7, 11) is 1.64. The van der Waals surface area contributed by atoms with Gasteiger partial charge in [-0.05, 0) is 43.5 Å². The first-order chi connectivity index (χ1) is 12.3. The maximum Gasteiger partial charge on any atom is 0.233 e. The molecule has 3 N–H and O–H groups in total. The molecule has 1 saturated heterocycles. The van der Waals surface area contributed by atoms with E-state index in [1.54, 1.807) is 7.11 Å². The molecule has 8 nitrogen and oxygen atoms in total. The number of anilines is 4. The molecule has 25 heavy (non-hydrogen) atoms. The Labute approximate surface area is 147 Å². The van der Waals surface area contributed by atoms with Gasteiger partial charge < -0.3 is 25.4 Å². The van der Waals surface area contributed by atoms with Gasteiger partial charge in [-0.2, -0.15) is 15.0 Å². The van der Waals surface area contributed by atoms with Crippen LogP contribution in [0.2, 0.25) is 0 Å². The van der Waals surface area contributed by atoms with Crippen LogP contribution < -0.4 is 20.3 Å². The van der Waals surface area contributed by atoms with E-state index in [0.29, 0.717) is 24.4 Å². The maximum atomic E-state index is 9.03. The third-order valence-corrected chi connectivity index (χ3v) is 4.00. The van der Waals surface area contributed by atoms with Gasteiger partial charge in [0.25, 0.3) is 0 Å². The zero-order valence-corrected chi connectivity index (χ0v) is 14.4. The summed E-state index contributed by atoms with van der Waals surface area (Å²) in [6.07, 6.45) is 3.53. The fourth-order valence-corrected chi connectivity index (χ4v) is 2.71. The molecule has 8 heteroatoms. The lowest BCUT2D eigenvalue weighted by molar-refractivity contribution is 0.311. The smallest absolute Gasteiger partial charge is 0.233 e. The van der Waals surface area contributed by atoms with Crippen LogP contribution >= 0.6 is 0 Å². The number of nitrogens with zero attached hydrogens (tertiary/aromatic N) is 4. The molecule has 0 atom stereocenters. The topological polar surface area (TPSA) is 95.4 Å². The lowest BCUT2D eigenvalue weighted by Crippen LogP contribution is -2.31. The molecule has 0 bridgehead atoms. The summed E-state index contributed by atoms with van der Waals surface area (Å²) < 4.78 is 5.17. The summed E-state index contributed by atoms with van der Waals surface area (Å²) in [5, 5.41) is 15.3. The molecule has 0 aliphatic carbocycles. The average Bonchev–Trinajstić information content (AvgIpc) is 2.67. The van der Waals surface area contributed by atoms with Crippen molar-refractivity contribution in [1.29, 1.82) is 0 Å². The van der Waals surface area contributed by atoms with Crippen molar-refractivity contribution in [3.8, 4) is 5.75 Å². The molecule has 0 spiro atoms. The van der Waals surface area contributed by atoms with Crippen molar-refractivity contribution in [2.75, 3.05) is 48.9 Å². The molecule has 1 aromatic heterocycles. The molecule has 3 rings (SSSR count). The van der Waals surface area contributed by atoms with E-state index in [-0.39, 0.29) is 6.61 Å². The normalized spacial score (nSPS) is 14.2. The Kier molecular flexibility index (Phi) is 5.84. The summed E-state index contributed by atoms with van der Waals surface area (Å²) >= 11 is 0. The molecule has 0 amide bonds. The molecule has 0 unspecified atom stereocenters. The highest BCUT2D eigenvalue weighted by Crippen LogP contribution is 2.22. The van der Waals surface area contributed by atoms with Crippen molar-refractivity contribution in [3.63, 3.8) is 0 Å². The van der Waals surface area contributed by atoms with Crippen molar-refractivity contribution in [2.24, 2.45) is 0 Å². The minimum atomic E-state index is 0.0198. The SMILES string of the molecule is COc1ccc(Nc2nc(NCCO)nc(N3CCCCC3)n2)cc1. The van der Waals surface area contributed by atoms with Crippen LogP contribution in [0.1, 0.15) is 19.3 Å². The van der Waals surface area contributed by atoms with Gasteiger partial charge in [-0.3, -0.25) is 0 Å². The number of nitrogens with one attached hydrogen (secondary N) is 2. The maximum absolute atomic E-state index is 9.03. The van der Waals surface area contributed by atoms with E-state index in [1.165, 1.54) is 6.42 Å². The standard InChI is InChI=1S/C17H24N6O2/c1-25-14-7-5-13(6-8-14)19-16-20-15(18-9-12-24)21-17(22-16)23-10-3-2-4-11-23/h5-8,24H,2-4,9-12H2,1H3,(H2,18,19,20,21,22). The van der Waals surface area contributed by atoms with Crippen LogP contribution in [0.5, 0.6) is 5.75 Å². The predicted molar refractivity (Wildman–Crippen MR) is 97.7 cm³/mol. The first-order valence-electron chi connectivity index (χ1n) is 8.55. The minimum absolute atomic E-state index is 0.0198. The Morgan fingerprint density at radius 3 is 2.44 bits per heavy atom. The number of aliphatic hydroxyl groups excluding tert-OH is 1. The van der Waals surface area contributed by atoms with Crippen molar-refractivity contribution in [2.45, 2.75) is 19.3 Å². The summed E-state index contributed by atoms with van der Waals surface area (Å²) in [5.74, 6) is 2.38. The Morgan fingerprint density at radius 1 is 1.04 bits per heavy atom. The minimum Gasteiger partial charge on any atom is -0.497 e. The van der Waals surface area contributed by atoms with Gasteiger partial charge >= 0.3 is 0 Å². The third-order valence-electron chi connectivity index (χ3n) is 4.00. The van der Waals surface area contributed by atoms with Crippen molar-refractivity contribution >= 4 is 23.5 Å². The summed E-state index contributed by atoms with van der Waals surface area (Å²) in [4.78, 5) is 15.6. The summed E-state index contributed by atoms with van der Waals surface area (Å²) in [6, 6.07) is 7.56. The summed E-state index contributed by atoms with van der Waals surface area (Å²) in [6.45, 7) is 2.31. The van der Waals surface area contributed by atoms with Crippen LogP contribution in [0.15, 0.2) is 24.3 Å². The second-order valence-electron chi connectivity index (χ2n) is 5.83. The van der Waals surface area contributed by atoms with Gasteiger partial charge in [0.1, 0.15) is 5.75 Å². The Bertz CT molecular complexity index is 673. The average molecular weight is 344 g/mol. The molecular weight excluding hydrogens is 320 g/mol. The van der Waals surface area contributed by atoms with Gasteiger partial charge in [0.2, 0.25) is 17.8 Å². The van der Waals surface area contributed by atoms with Gasteiger partial charge in [0.05, 0.1) is 13.7 Å². The van der Waals surface area contributed by atoms with E-state index in [9.17, 15) is 0 Å². The highest BCUT2D eigenvalue weighted by molar-refractivity contribution is 5.57. The molecule has 0 saturated carbocycles. The molecule has 2 aromatic rings. The van der Waals surface area contributed by atoms with E-state index < -0.39 is 0 Å². The van der Waals surface area contributed by atoms with Gasteiger partial charge in [0, 0.05) is 25.3 Å². The van der Waals surface area contributed by atoms with E-state index in [4.69, 9.17) is 9.84 Å². The monoisotopic (exact) mass is 344 g/mol. The number of hydrogen-bond donors (Lipinski definition) is 3. The number of ether oxygens (including phenoxy) is 1. The molecule has 0 radical (unpaired) electrons. The fraction of sp³-hybridized carbons (Fsp3) is 0.471. The summed E-state index contributed by atoms with van der Waals surface area (Å²) in [5.41, 5.74) is 0.865. The lowest BCUT2D eigenvalue weighted by atomic mass is 10.1. The molecule has 1 aliphatic heterocycles. The van der Waals surface area contributed by atoms with Crippen molar-refractivity contribution in [3.05, 3.63) is 24.3 Å². The van der Waals surface area contributed by atoms with Crippen molar-refractivity contribution in [1.82, 2.24) is 15.0 Å². The zero-order chi connectivity index (χ0) is 17.5. The Balaban J connectivity index is 1.82. The molecule has 1 aliphatic rings. The Morgan fingerprint density at radius 2 is 1.76 bits per heavy atom. The first kappa shape index (κ1) is 17.2. The van der Waals surface area contributed by atoms with Gasteiger partial charge in [-0.1, -0.05) is 0 Å². The molecule has 2 heterocycles. The molecular formula is C17H24N6O2. The van der Waals surface area contributed by atoms with Crippen LogP contribution in [-0.4, -0.2) is 53.4 Å². The number of aromatic nitrogens is 3. The number of benzene rings is 1.